The van der Waals surface area contributed by atoms with E-state index in [2.05, 4.69) is 53.7 Å². The number of ether oxygens (including phenoxy) is 1. The minimum Gasteiger partial charge on any atom is -0.416 e. The van der Waals surface area contributed by atoms with Crippen LogP contribution in [0.1, 0.15) is 124 Å². The van der Waals surface area contributed by atoms with Gasteiger partial charge in [-0.2, -0.15) is 0 Å². The van der Waals surface area contributed by atoms with Gasteiger partial charge in [-0.3, -0.25) is 4.79 Å². The number of carbonyl (C=O) groups is 1. The lowest BCUT2D eigenvalue weighted by Crippen LogP contribution is -2.47. The van der Waals surface area contributed by atoms with E-state index < -0.39 is 8.32 Å². The number of ketones is 1. The van der Waals surface area contributed by atoms with E-state index in [9.17, 15) is 4.79 Å². The van der Waals surface area contributed by atoms with Gasteiger partial charge in [0.25, 0.3) is 0 Å². The molecule has 0 N–H and O–H groups in total. The lowest BCUT2D eigenvalue weighted by molar-refractivity contribution is -0.119. The SMILES string of the molecule is CC(C)[Si](OCCCCCCCCC(=O)CCCCCCOCc1ccccc1)(C(C)C)C(C)C. The summed E-state index contributed by atoms with van der Waals surface area (Å²) >= 11 is 0. The van der Waals surface area contributed by atoms with Crippen molar-refractivity contribution in [3.8, 4) is 0 Å². The highest BCUT2D eigenvalue weighted by molar-refractivity contribution is 6.77. The van der Waals surface area contributed by atoms with Gasteiger partial charge in [-0.1, -0.05) is 110 Å². The van der Waals surface area contributed by atoms with Crippen LogP contribution in [-0.4, -0.2) is 27.3 Å². The van der Waals surface area contributed by atoms with Gasteiger partial charge >= 0.3 is 0 Å². The van der Waals surface area contributed by atoms with Gasteiger partial charge in [0.1, 0.15) is 5.78 Å². The van der Waals surface area contributed by atoms with Crippen LogP contribution in [0.3, 0.4) is 0 Å². The molecule has 0 heterocycles. The Kier molecular flexibility index (Phi) is 17.6. The van der Waals surface area contributed by atoms with Crippen LogP contribution >= 0.6 is 0 Å². The summed E-state index contributed by atoms with van der Waals surface area (Å²) in [4.78, 5) is 12.1. The first kappa shape index (κ1) is 32.1. The van der Waals surface area contributed by atoms with Crippen LogP contribution in [0.25, 0.3) is 0 Å². The van der Waals surface area contributed by atoms with Gasteiger partial charge in [-0.15, -0.1) is 0 Å². The zero-order valence-electron chi connectivity index (χ0n) is 24.0. The van der Waals surface area contributed by atoms with Crippen molar-refractivity contribution in [1.29, 1.82) is 0 Å². The molecule has 0 aliphatic rings. The molecule has 202 valence electrons. The third kappa shape index (κ3) is 13.2. The zero-order chi connectivity index (χ0) is 25.9. The molecule has 35 heavy (non-hydrogen) atoms. The molecule has 0 bridgehead atoms. The molecule has 0 spiro atoms. The largest absolute Gasteiger partial charge is 0.416 e. The fourth-order valence-electron chi connectivity index (χ4n) is 5.65. The molecule has 0 fully saturated rings. The Bertz CT molecular complexity index is 620. The third-order valence-corrected chi connectivity index (χ3v) is 13.6. The van der Waals surface area contributed by atoms with E-state index >= 15 is 0 Å². The topological polar surface area (TPSA) is 35.5 Å². The highest BCUT2D eigenvalue weighted by Crippen LogP contribution is 2.42. The summed E-state index contributed by atoms with van der Waals surface area (Å²) in [5.74, 6) is 0.455. The Morgan fingerprint density at radius 3 is 1.63 bits per heavy atom. The van der Waals surface area contributed by atoms with Crippen molar-refractivity contribution in [3.63, 3.8) is 0 Å². The second-order valence-corrected chi connectivity index (χ2v) is 16.7. The van der Waals surface area contributed by atoms with Crippen LogP contribution in [0, 0.1) is 0 Å². The van der Waals surface area contributed by atoms with Gasteiger partial charge in [-0.05, 0) is 47.9 Å². The third-order valence-electron chi connectivity index (χ3n) is 7.51. The summed E-state index contributed by atoms with van der Waals surface area (Å²) in [5, 5.41) is 0. The van der Waals surface area contributed by atoms with E-state index in [-0.39, 0.29) is 0 Å². The monoisotopic (exact) mass is 504 g/mol. The molecule has 0 atom stereocenters. The highest BCUT2D eigenvalue weighted by Gasteiger charge is 2.44. The molecule has 0 aliphatic heterocycles. The van der Waals surface area contributed by atoms with Gasteiger partial charge in [0.15, 0.2) is 8.32 Å². The smallest absolute Gasteiger partial charge is 0.200 e. The van der Waals surface area contributed by atoms with Gasteiger partial charge in [0.05, 0.1) is 6.61 Å². The predicted octanol–water partition coefficient (Wildman–Crippen LogP) is 9.65. The average Bonchev–Trinajstić information content (AvgIpc) is 2.82. The second-order valence-electron chi connectivity index (χ2n) is 11.3. The Labute approximate surface area is 218 Å². The molecule has 0 amide bonds. The molecule has 0 saturated heterocycles. The molecule has 1 aromatic rings. The number of hydrogen-bond acceptors (Lipinski definition) is 3. The van der Waals surface area contributed by atoms with E-state index in [1.165, 1.54) is 37.7 Å². The molecular weight excluding hydrogens is 448 g/mol. The molecule has 0 aliphatic carbocycles. The highest BCUT2D eigenvalue weighted by atomic mass is 28.4. The molecule has 4 heteroatoms. The van der Waals surface area contributed by atoms with Crippen molar-refractivity contribution in [2.45, 2.75) is 142 Å². The maximum Gasteiger partial charge on any atom is 0.200 e. The molecule has 0 aromatic heterocycles. The summed E-state index contributed by atoms with van der Waals surface area (Å²) in [7, 11) is -1.70. The molecule has 1 rings (SSSR count). The van der Waals surface area contributed by atoms with Gasteiger partial charge in [0.2, 0.25) is 0 Å². The van der Waals surface area contributed by atoms with E-state index in [0.29, 0.717) is 29.0 Å². The Balaban J connectivity index is 1.93. The number of carbonyl (C=O) groups excluding carboxylic acids is 1. The van der Waals surface area contributed by atoms with Crippen LogP contribution in [-0.2, 0) is 20.6 Å². The van der Waals surface area contributed by atoms with Gasteiger partial charge in [0, 0.05) is 26.1 Å². The van der Waals surface area contributed by atoms with Crippen molar-refractivity contribution in [2.75, 3.05) is 13.2 Å². The lowest BCUT2D eigenvalue weighted by Gasteiger charge is -2.42. The van der Waals surface area contributed by atoms with Crippen LogP contribution in [0.5, 0.6) is 0 Å². The van der Waals surface area contributed by atoms with Crippen LogP contribution < -0.4 is 0 Å². The minimum atomic E-state index is -1.70. The van der Waals surface area contributed by atoms with Crippen LogP contribution in [0.2, 0.25) is 16.6 Å². The van der Waals surface area contributed by atoms with E-state index in [4.69, 9.17) is 9.16 Å². The molecular formula is C31H56O3Si. The summed E-state index contributed by atoms with van der Waals surface area (Å²) in [5.41, 5.74) is 3.23. The number of rotatable bonds is 22. The maximum atomic E-state index is 12.1. The number of unbranched alkanes of at least 4 members (excludes halogenated alkanes) is 8. The summed E-state index contributed by atoms with van der Waals surface area (Å²) in [6.07, 6.45) is 13.1. The normalized spacial score (nSPS) is 12.3. The standard InChI is InChI=1S/C31H56O3Si/c1-27(2)35(28(3)4,29(5)6)34-25-19-11-8-7-9-16-22-31(32)23-17-10-12-18-24-33-26-30-20-14-13-15-21-30/h13-15,20-21,27-29H,7-12,16-19,22-26H2,1-6H3. The second kappa shape index (κ2) is 19.2. The summed E-state index contributed by atoms with van der Waals surface area (Å²) in [6.45, 7) is 16.6. The number of benzene rings is 1. The fourth-order valence-corrected chi connectivity index (χ4v) is 11.1. The van der Waals surface area contributed by atoms with E-state index in [0.717, 1.165) is 58.2 Å². The first-order valence-corrected chi connectivity index (χ1v) is 16.7. The summed E-state index contributed by atoms with van der Waals surface area (Å²) < 4.78 is 12.4. The average molecular weight is 505 g/mol. The molecule has 0 unspecified atom stereocenters. The number of hydrogen-bond donors (Lipinski definition) is 0. The Hall–Kier alpha value is -0.973. The fraction of sp³-hybridized carbons (Fsp3) is 0.774. The predicted molar refractivity (Wildman–Crippen MR) is 154 cm³/mol. The van der Waals surface area contributed by atoms with Crippen molar-refractivity contribution in [3.05, 3.63) is 35.9 Å². The van der Waals surface area contributed by atoms with Crippen molar-refractivity contribution in [2.24, 2.45) is 0 Å². The van der Waals surface area contributed by atoms with Crippen molar-refractivity contribution >= 4 is 14.1 Å². The molecule has 0 saturated carbocycles. The molecule has 0 radical (unpaired) electrons. The van der Waals surface area contributed by atoms with Crippen molar-refractivity contribution in [1.82, 2.24) is 0 Å². The maximum absolute atomic E-state index is 12.1. The lowest BCUT2D eigenvalue weighted by atomic mass is 10.0. The van der Waals surface area contributed by atoms with Crippen LogP contribution in [0.4, 0.5) is 0 Å². The van der Waals surface area contributed by atoms with Crippen molar-refractivity contribution < 1.29 is 14.0 Å². The number of Topliss-reactive ketones (excluding diaryl/α,β-unsaturated/α-hetero) is 1. The summed E-state index contributed by atoms with van der Waals surface area (Å²) in [6, 6.07) is 10.3. The van der Waals surface area contributed by atoms with Crippen LogP contribution in [0.15, 0.2) is 30.3 Å². The first-order chi connectivity index (χ1) is 16.8. The quantitative estimate of drug-likeness (QED) is 0.116. The Morgan fingerprint density at radius 2 is 1.11 bits per heavy atom. The molecule has 3 nitrogen and oxygen atoms in total. The Morgan fingerprint density at radius 1 is 0.657 bits per heavy atom. The van der Waals surface area contributed by atoms with Gasteiger partial charge < -0.3 is 9.16 Å². The molecule has 1 aromatic carbocycles. The van der Waals surface area contributed by atoms with E-state index in [1.54, 1.807) is 0 Å². The van der Waals surface area contributed by atoms with E-state index in [1.807, 2.05) is 18.2 Å². The first-order valence-electron chi connectivity index (χ1n) is 14.6. The zero-order valence-corrected chi connectivity index (χ0v) is 25.0. The minimum absolute atomic E-state index is 0.455. The van der Waals surface area contributed by atoms with Gasteiger partial charge in [-0.25, -0.2) is 0 Å².